The Kier molecular flexibility index (Phi) is 8.44. The van der Waals surface area contributed by atoms with Gasteiger partial charge in [-0.25, -0.2) is 4.98 Å². The van der Waals surface area contributed by atoms with Gasteiger partial charge in [0.25, 0.3) is 11.5 Å². The predicted octanol–water partition coefficient (Wildman–Crippen LogP) is 5.73. The zero-order valence-corrected chi connectivity index (χ0v) is 21.6. The number of carbonyl (C=O) groups excluding carboxylic acids is 1. The first-order chi connectivity index (χ1) is 15.8. The number of aryl methyl sites for hydroxylation is 1. The number of halogens is 1. The van der Waals surface area contributed by atoms with E-state index in [0.717, 1.165) is 35.9 Å². The van der Waals surface area contributed by atoms with Crippen LogP contribution in [0.5, 0.6) is 0 Å². The van der Waals surface area contributed by atoms with E-state index in [1.165, 1.54) is 21.3 Å². The molecule has 0 saturated heterocycles. The molecule has 4 aromatic rings. The number of fused-ring (bicyclic) bond motifs is 2. The minimum absolute atomic E-state index is 0. The Morgan fingerprint density at radius 1 is 1.15 bits per heavy atom. The van der Waals surface area contributed by atoms with E-state index in [9.17, 15) is 9.59 Å². The fourth-order valence-corrected chi connectivity index (χ4v) is 4.82. The van der Waals surface area contributed by atoms with E-state index in [-0.39, 0.29) is 29.8 Å². The molecule has 0 unspecified atom stereocenters. The van der Waals surface area contributed by atoms with Crippen molar-refractivity contribution >= 4 is 45.5 Å². The summed E-state index contributed by atoms with van der Waals surface area (Å²) in [5.41, 5.74) is 4.02. The summed E-state index contributed by atoms with van der Waals surface area (Å²) in [6, 6.07) is 8.11. The van der Waals surface area contributed by atoms with Crippen LogP contribution in [0.3, 0.4) is 0 Å². The number of unbranched alkanes of at least 4 members (excludes halogenated alkanes) is 1. The third-order valence-corrected chi connectivity index (χ3v) is 6.87. The molecule has 3 heterocycles. The van der Waals surface area contributed by atoms with E-state index in [1.54, 1.807) is 12.4 Å². The summed E-state index contributed by atoms with van der Waals surface area (Å²) in [7, 11) is 0. The number of hydrogen-bond donors (Lipinski definition) is 1. The van der Waals surface area contributed by atoms with Crippen molar-refractivity contribution in [1.82, 2.24) is 19.7 Å². The number of thiazole rings is 1. The molecule has 6 nitrogen and oxygen atoms in total. The summed E-state index contributed by atoms with van der Waals surface area (Å²) in [6.45, 7) is 9.07. The molecule has 34 heavy (non-hydrogen) atoms. The summed E-state index contributed by atoms with van der Waals surface area (Å²) in [4.78, 5) is 36.0. The molecule has 1 amide bonds. The third-order valence-electron chi connectivity index (χ3n) is 5.89. The van der Waals surface area contributed by atoms with Crippen molar-refractivity contribution in [3.63, 3.8) is 0 Å². The molecule has 0 saturated carbocycles. The van der Waals surface area contributed by atoms with E-state index < -0.39 is 0 Å². The monoisotopic (exact) mass is 498 g/mol. The fraction of sp³-hybridized carbons (Fsp3) is 0.385. The number of carbonyl (C=O) groups is 1. The summed E-state index contributed by atoms with van der Waals surface area (Å²) >= 11 is 1.26. The van der Waals surface area contributed by atoms with E-state index in [0.29, 0.717) is 27.7 Å². The van der Waals surface area contributed by atoms with Gasteiger partial charge in [0.15, 0.2) is 4.96 Å². The number of rotatable bonds is 8. The van der Waals surface area contributed by atoms with Crippen molar-refractivity contribution in [1.29, 1.82) is 0 Å². The lowest BCUT2D eigenvalue weighted by molar-refractivity contribution is 0.0956. The lowest BCUT2D eigenvalue weighted by atomic mass is 9.93. The minimum atomic E-state index is -0.165. The van der Waals surface area contributed by atoms with Gasteiger partial charge in [0.1, 0.15) is 4.88 Å². The molecule has 0 spiro atoms. The summed E-state index contributed by atoms with van der Waals surface area (Å²) in [6.07, 6.45) is 8.06. The molecule has 1 N–H and O–H groups in total. The van der Waals surface area contributed by atoms with Gasteiger partial charge >= 0.3 is 0 Å². The molecule has 8 heteroatoms. The lowest BCUT2D eigenvalue weighted by Crippen LogP contribution is -2.23. The Labute approximate surface area is 209 Å². The van der Waals surface area contributed by atoms with Gasteiger partial charge in [-0.15, -0.1) is 12.4 Å². The van der Waals surface area contributed by atoms with Crippen molar-refractivity contribution in [2.75, 3.05) is 6.54 Å². The van der Waals surface area contributed by atoms with Crippen LogP contribution < -0.4 is 10.9 Å². The highest BCUT2D eigenvalue weighted by molar-refractivity contribution is 7.18. The second-order valence-corrected chi connectivity index (χ2v) is 10.1. The highest BCUT2D eigenvalue weighted by Gasteiger charge is 2.18. The summed E-state index contributed by atoms with van der Waals surface area (Å²) in [5.74, 6) is 0.395. The molecule has 4 rings (SSSR count). The first-order valence-corrected chi connectivity index (χ1v) is 12.3. The molecule has 0 radical (unpaired) electrons. The van der Waals surface area contributed by atoms with E-state index in [2.05, 4.69) is 50.1 Å². The zero-order chi connectivity index (χ0) is 23.5. The van der Waals surface area contributed by atoms with E-state index in [1.807, 2.05) is 18.3 Å². The van der Waals surface area contributed by atoms with Gasteiger partial charge in [-0.1, -0.05) is 51.2 Å². The second-order valence-electron chi connectivity index (χ2n) is 9.05. The average Bonchev–Trinajstić information content (AvgIpc) is 3.23. The number of benzene rings is 1. The fourth-order valence-electron chi connectivity index (χ4n) is 3.93. The maximum Gasteiger partial charge on any atom is 0.266 e. The van der Waals surface area contributed by atoms with Crippen molar-refractivity contribution in [2.45, 2.75) is 58.8 Å². The molecule has 0 aliphatic heterocycles. The molecular weight excluding hydrogens is 468 g/mol. The van der Waals surface area contributed by atoms with Gasteiger partial charge in [-0.2, -0.15) is 0 Å². The van der Waals surface area contributed by atoms with Crippen molar-refractivity contribution < 1.29 is 4.79 Å². The second kappa shape index (κ2) is 11.1. The van der Waals surface area contributed by atoms with Crippen LogP contribution >= 0.6 is 23.7 Å². The standard InChI is InChI=1S/C26H30N4O2S.ClH/c1-16(2)19-12-20(17(3)4)23-21(13-19)25(32)30-15-22(33-26(30)29-23)24(31)28-11-6-5-8-18-9-7-10-27-14-18;/h7,9-10,12-17H,5-6,8,11H2,1-4H3,(H,28,31);1H. The summed E-state index contributed by atoms with van der Waals surface area (Å²) < 4.78 is 1.51. The largest absolute Gasteiger partial charge is 0.351 e. The van der Waals surface area contributed by atoms with E-state index in [4.69, 9.17) is 4.98 Å². The van der Waals surface area contributed by atoms with Crippen LogP contribution in [0.4, 0.5) is 0 Å². The number of nitrogens with zero attached hydrogens (tertiary/aromatic N) is 3. The zero-order valence-electron chi connectivity index (χ0n) is 20.0. The third kappa shape index (κ3) is 5.47. The molecular formula is C26H31ClN4O2S. The van der Waals surface area contributed by atoms with Crippen LogP contribution in [0.15, 0.2) is 47.7 Å². The maximum absolute atomic E-state index is 13.3. The SMILES string of the molecule is CC(C)c1cc(C(C)C)c2nc3sc(C(=O)NCCCCc4cccnc4)cn3c(=O)c2c1.Cl. The Morgan fingerprint density at radius 2 is 1.94 bits per heavy atom. The molecule has 0 atom stereocenters. The first-order valence-electron chi connectivity index (χ1n) is 11.5. The highest BCUT2D eigenvalue weighted by Crippen LogP contribution is 2.29. The van der Waals surface area contributed by atoms with Gasteiger partial charge in [0.2, 0.25) is 0 Å². The Bertz CT molecular complexity index is 1350. The molecule has 0 fully saturated rings. The average molecular weight is 499 g/mol. The van der Waals surface area contributed by atoms with Gasteiger partial charge in [0.05, 0.1) is 10.9 Å². The van der Waals surface area contributed by atoms with Crippen LogP contribution in [0.1, 0.15) is 78.7 Å². The Hall–Kier alpha value is -2.77. The molecule has 180 valence electrons. The van der Waals surface area contributed by atoms with Crippen molar-refractivity contribution in [3.05, 3.63) is 74.8 Å². The van der Waals surface area contributed by atoms with Crippen LogP contribution in [0, 0.1) is 0 Å². The normalized spacial score (nSPS) is 11.4. The molecule has 3 aromatic heterocycles. The number of amides is 1. The number of hydrogen-bond acceptors (Lipinski definition) is 5. The first kappa shape index (κ1) is 25.8. The van der Waals surface area contributed by atoms with Crippen LogP contribution in [-0.4, -0.2) is 26.8 Å². The van der Waals surface area contributed by atoms with Gasteiger partial charge in [-0.3, -0.25) is 19.0 Å². The quantitative estimate of drug-likeness (QED) is 0.315. The van der Waals surface area contributed by atoms with Crippen LogP contribution in [0.25, 0.3) is 15.9 Å². The Balaban J connectivity index is 0.00000324. The number of nitrogens with one attached hydrogen (secondary N) is 1. The lowest BCUT2D eigenvalue weighted by Gasteiger charge is -2.14. The van der Waals surface area contributed by atoms with Crippen molar-refractivity contribution in [3.8, 4) is 0 Å². The van der Waals surface area contributed by atoms with Gasteiger partial charge in [-0.05, 0) is 59.9 Å². The summed E-state index contributed by atoms with van der Waals surface area (Å²) in [5, 5.41) is 3.59. The highest BCUT2D eigenvalue weighted by atomic mass is 35.5. The van der Waals surface area contributed by atoms with Crippen LogP contribution in [0.2, 0.25) is 0 Å². The maximum atomic E-state index is 13.3. The molecule has 0 aliphatic carbocycles. The van der Waals surface area contributed by atoms with Crippen LogP contribution in [-0.2, 0) is 6.42 Å². The smallest absolute Gasteiger partial charge is 0.266 e. The molecule has 0 aliphatic rings. The van der Waals surface area contributed by atoms with E-state index >= 15 is 0 Å². The molecule has 1 aromatic carbocycles. The minimum Gasteiger partial charge on any atom is -0.351 e. The molecule has 0 bridgehead atoms. The Morgan fingerprint density at radius 3 is 2.62 bits per heavy atom. The van der Waals surface area contributed by atoms with Gasteiger partial charge in [0, 0.05) is 25.1 Å². The van der Waals surface area contributed by atoms with Crippen molar-refractivity contribution in [2.24, 2.45) is 0 Å². The predicted molar refractivity (Wildman–Crippen MR) is 142 cm³/mol. The number of pyridine rings is 1. The number of aromatic nitrogens is 3. The van der Waals surface area contributed by atoms with Gasteiger partial charge < -0.3 is 5.32 Å². The topological polar surface area (TPSA) is 76.4 Å².